The number of carbonyl (C=O) groups is 1. The zero-order valence-electron chi connectivity index (χ0n) is 55.5. The van der Waals surface area contributed by atoms with Crippen LogP contribution in [0, 0.1) is 0 Å². The number of hydrogen-bond acceptors (Lipinski definition) is 6. The number of likely N-dealkylation sites (N-methyl/N-ethyl adjacent to an activating group) is 1. The number of aliphatic hydroxyl groups is 1. The van der Waals surface area contributed by atoms with Crippen LogP contribution >= 0.6 is 7.82 Å². The van der Waals surface area contributed by atoms with Gasteiger partial charge >= 0.3 is 0 Å². The van der Waals surface area contributed by atoms with Crippen molar-refractivity contribution in [2.24, 2.45) is 0 Å². The van der Waals surface area contributed by atoms with Gasteiger partial charge in [0.15, 0.2) is 0 Å². The first-order valence-corrected chi connectivity index (χ1v) is 38.0. The summed E-state index contributed by atoms with van der Waals surface area (Å²) in [4.78, 5) is 25.7. The number of hydrogen-bond donors (Lipinski definition) is 2. The monoisotopic (exact) mass is 1170 g/mol. The van der Waals surface area contributed by atoms with Crippen LogP contribution in [-0.2, 0) is 18.4 Å². The molecule has 0 heterocycles. The molecule has 0 saturated heterocycles. The third kappa shape index (κ3) is 66.6. The van der Waals surface area contributed by atoms with Gasteiger partial charge in [-0.05, 0) is 38.5 Å². The van der Waals surface area contributed by atoms with Gasteiger partial charge in [0.2, 0.25) is 5.91 Å². The molecule has 0 radical (unpaired) electrons. The molecule has 0 bridgehead atoms. The van der Waals surface area contributed by atoms with Gasteiger partial charge in [0.25, 0.3) is 7.82 Å². The number of amides is 1. The Morgan fingerprint density at radius 2 is 0.679 bits per heavy atom. The molecule has 0 aliphatic heterocycles. The molecule has 81 heavy (non-hydrogen) atoms. The fourth-order valence-electron chi connectivity index (χ4n) is 11.6. The summed E-state index contributed by atoms with van der Waals surface area (Å²) in [5, 5.41) is 14.1. The van der Waals surface area contributed by atoms with Gasteiger partial charge in [0, 0.05) is 6.42 Å². The number of rotatable bonds is 69. The number of allylic oxidation sites excluding steroid dienone is 2. The maximum atomic E-state index is 13.1. The highest BCUT2D eigenvalue weighted by atomic mass is 31.2. The Hall–Kier alpha value is -0.760. The lowest BCUT2D eigenvalue weighted by Gasteiger charge is -2.30. The van der Waals surface area contributed by atoms with Crippen LogP contribution < -0.4 is 10.2 Å². The SMILES string of the molecule is CCCCCCCCCC/C=C\CCCCCCCCCCCCCCCCCCCCCCCCCCCC(=O)NC(COP(=O)([O-])OCC[N+](C)(C)C)C(O)CCCCCCCCCCCCCCCCCCCCCCCC. The molecular weight excluding hydrogens is 1020 g/mol. The highest BCUT2D eigenvalue weighted by Gasteiger charge is 2.24. The van der Waals surface area contributed by atoms with Crippen molar-refractivity contribution < 1.29 is 32.9 Å². The van der Waals surface area contributed by atoms with Crippen molar-refractivity contribution in [1.82, 2.24) is 5.32 Å². The Bertz CT molecular complexity index is 1320. The average Bonchev–Trinajstić information content (AvgIpc) is 3.43. The number of phosphoric acid groups is 1. The van der Waals surface area contributed by atoms with E-state index in [1.54, 1.807) is 0 Å². The highest BCUT2D eigenvalue weighted by Crippen LogP contribution is 2.38. The summed E-state index contributed by atoms with van der Waals surface area (Å²) in [5.41, 5.74) is 0. The Balaban J connectivity index is 3.91. The van der Waals surface area contributed by atoms with E-state index in [1.807, 2.05) is 21.1 Å². The van der Waals surface area contributed by atoms with E-state index in [1.165, 1.54) is 327 Å². The molecule has 3 atom stereocenters. The van der Waals surface area contributed by atoms with E-state index in [9.17, 15) is 19.4 Å². The first-order valence-electron chi connectivity index (χ1n) is 36.5. The highest BCUT2D eigenvalue weighted by molar-refractivity contribution is 7.45. The first-order chi connectivity index (χ1) is 39.5. The van der Waals surface area contributed by atoms with Crippen molar-refractivity contribution in [3.05, 3.63) is 12.2 Å². The lowest BCUT2D eigenvalue weighted by atomic mass is 10.0. The maximum Gasteiger partial charge on any atom is 0.268 e. The molecule has 0 spiro atoms. The molecule has 0 aromatic carbocycles. The zero-order chi connectivity index (χ0) is 59.1. The number of unbranched alkanes of at least 4 members (excludes halogenated alkanes) is 54. The number of aliphatic hydroxyl groups excluding tert-OH is 1. The van der Waals surface area contributed by atoms with E-state index < -0.39 is 20.0 Å². The van der Waals surface area contributed by atoms with Gasteiger partial charge in [0.05, 0.1) is 39.9 Å². The standard InChI is InChI=1S/C72H145N2O6P/c1-6-8-10-12-14-16-18-20-22-24-26-28-30-31-32-33-34-35-36-37-38-39-40-41-42-43-44-46-48-50-52-54-56-58-60-62-64-66-72(76)73-70(69-80-81(77,78)79-68-67-74(3,4)5)71(75)65-63-61-59-57-55-53-51-49-47-45-29-27-25-23-21-19-17-15-13-11-9-7-2/h24,26,70-71,75H,6-23,25,27-69H2,1-5H3,(H-,73,76,77,78)/b26-24-. The summed E-state index contributed by atoms with van der Waals surface area (Å²) in [7, 11) is 1.33. The third-order valence-electron chi connectivity index (χ3n) is 17.3. The maximum absolute atomic E-state index is 13.1. The molecule has 484 valence electrons. The first kappa shape index (κ1) is 80.2. The van der Waals surface area contributed by atoms with Crippen LogP contribution in [0.3, 0.4) is 0 Å². The molecule has 8 nitrogen and oxygen atoms in total. The second-order valence-corrected chi connectivity index (χ2v) is 28.1. The number of phosphoric ester groups is 1. The van der Waals surface area contributed by atoms with Crippen molar-refractivity contribution in [2.45, 2.75) is 405 Å². The van der Waals surface area contributed by atoms with Crippen molar-refractivity contribution in [1.29, 1.82) is 0 Å². The lowest BCUT2D eigenvalue weighted by molar-refractivity contribution is -0.870. The largest absolute Gasteiger partial charge is 0.756 e. The average molecular weight is 1170 g/mol. The van der Waals surface area contributed by atoms with E-state index in [4.69, 9.17) is 9.05 Å². The number of nitrogens with zero attached hydrogens (tertiary/aromatic N) is 1. The van der Waals surface area contributed by atoms with E-state index in [0.29, 0.717) is 23.9 Å². The van der Waals surface area contributed by atoms with Crippen LogP contribution in [0.5, 0.6) is 0 Å². The predicted molar refractivity (Wildman–Crippen MR) is 353 cm³/mol. The summed E-state index contributed by atoms with van der Waals surface area (Å²) in [6.45, 7) is 4.79. The van der Waals surface area contributed by atoms with E-state index in [0.717, 1.165) is 38.5 Å². The summed E-state index contributed by atoms with van der Waals surface area (Å²) in [6, 6.07) is -0.798. The van der Waals surface area contributed by atoms with Gasteiger partial charge in [-0.3, -0.25) is 9.36 Å². The number of quaternary nitrogens is 1. The number of carbonyl (C=O) groups excluding carboxylic acids is 1. The molecule has 3 unspecified atom stereocenters. The van der Waals surface area contributed by atoms with Crippen molar-refractivity contribution >= 4 is 13.7 Å². The minimum Gasteiger partial charge on any atom is -0.756 e. The van der Waals surface area contributed by atoms with Crippen LogP contribution in [0.25, 0.3) is 0 Å². The third-order valence-corrected chi connectivity index (χ3v) is 18.2. The molecule has 0 aromatic rings. The summed E-state index contributed by atoms with van der Waals surface area (Å²) in [6.07, 6.45) is 81.7. The van der Waals surface area contributed by atoms with Gasteiger partial charge in [-0.1, -0.05) is 360 Å². The minimum absolute atomic E-state index is 0.0162. The van der Waals surface area contributed by atoms with E-state index in [2.05, 4.69) is 31.3 Å². The fourth-order valence-corrected chi connectivity index (χ4v) is 12.3. The van der Waals surface area contributed by atoms with Crippen molar-refractivity contribution in [3.63, 3.8) is 0 Å². The van der Waals surface area contributed by atoms with Gasteiger partial charge in [0.1, 0.15) is 13.2 Å². The molecule has 0 aliphatic carbocycles. The zero-order valence-corrected chi connectivity index (χ0v) is 56.4. The van der Waals surface area contributed by atoms with Crippen LogP contribution in [0.1, 0.15) is 393 Å². The molecule has 2 N–H and O–H groups in total. The fraction of sp³-hybridized carbons (Fsp3) is 0.958. The van der Waals surface area contributed by atoms with E-state index >= 15 is 0 Å². The summed E-state index contributed by atoms with van der Waals surface area (Å²) >= 11 is 0. The molecular formula is C72H145N2O6P. The van der Waals surface area contributed by atoms with Crippen molar-refractivity contribution in [3.8, 4) is 0 Å². The van der Waals surface area contributed by atoms with Gasteiger partial charge in [-0.2, -0.15) is 0 Å². The minimum atomic E-state index is -4.58. The second kappa shape index (κ2) is 63.7. The molecule has 0 aliphatic rings. The van der Waals surface area contributed by atoms with Gasteiger partial charge < -0.3 is 28.8 Å². The Morgan fingerprint density at radius 1 is 0.420 bits per heavy atom. The molecule has 9 heteroatoms. The van der Waals surface area contributed by atoms with Gasteiger partial charge in [-0.25, -0.2) is 0 Å². The summed E-state index contributed by atoms with van der Waals surface area (Å²) in [5.74, 6) is -0.154. The molecule has 1 amide bonds. The predicted octanol–water partition coefficient (Wildman–Crippen LogP) is 22.7. The normalized spacial score (nSPS) is 13.6. The Labute approximate surface area is 507 Å². The van der Waals surface area contributed by atoms with Gasteiger partial charge in [-0.15, -0.1) is 0 Å². The quantitative estimate of drug-likeness (QED) is 0.0272. The van der Waals surface area contributed by atoms with Crippen LogP contribution in [0.2, 0.25) is 0 Å². The van der Waals surface area contributed by atoms with Crippen LogP contribution in [-0.4, -0.2) is 68.5 Å². The topological polar surface area (TPSA) is 108 Å². The second-order valence-electron chi connectivity index (χ2n) is 26.7. The van der Waals surface area contributed by atoms with Crippen LogP contribution in [0.15, 0.2) is 12.2 Å². The molecule has 0 fully saturated rings. The van der Waals surface area contributed by atoms with Crippen molar-refractivity contribution in [2.75, 3.05) is 40.9 Å². The molecule has 0 aromatic heterocycles. The Kier molecular flexibility index (Phi) is 63.1. The smallest absolute Gasteiger partial charge is 0.268 e. The number of nitrogens with one attached hydrogen (secondary N) is 1. The molecule has 0 rings (SSSR count). The van der Waals surface area contributed by atoms with E-state index in [-0.39, 0.29) is 19.1 Å². The Morgan fingerprint density at radius 3 is 0.963 bits per heavy atom. The summed E-state index contributed by atoms with van der Waals surface area (Å²) < 4.78 is 23.5. The molecule has 0 saturated carbocycles. The lowest BCUT2D eigenvalue weighted by Crippen LogP contribution is -2.46. The van der Waals surface area contributed by atoms with Crippen LogP contribution in [0.4, 0.5) is 0 Å².